The van der Waals surface area contributed by atoms with Gasteiger partial charge < -0.3 is 9.15 Å². The maximum Gasteiger partial charge on any atom is 0.260 e. The van der Waals surface area contributed by atoms with Crippen LogP contribution in [0.25, 0.3) is 11.3 Å². The summed E-state index contributed by atoms with van der Waals surface area (Å²) < 4.78 is 9.68. The molecule has 0 aliphatic rings. The molecule has 0 amide bonds. The summed E-state index contributed by atoms with van der Waals surface area (Å²) in [7, 11) is 1.68. The predicted octanol–water partition coefficient (Wildman–Crippen LogP) is 3.46. The van der Waals surface area contributed by atoms with E-state index in [1.807, 2.05) is 13.0 Å². The van der Waals surface area contributed by atoms with Gasteiger partial charge in [-0.3, -0.25) is 4.79 Å². The van der Waals surface area contributed by atoms with Gasteiger partial charge in [0.1, 0.15) is 0 Å². The molecule has 0 N–H and O–H groups in total. The first-order valence-electron chi connectivity index (χ1n) is 5.37. The smallest absolute Gasteiger partial charge is 0.260 e. The summed E-state index contributed by atoms with van der Waals surface area (Å²) >= 11 is 5.80. The van der Waals surface area contributed by atoms with Crippen LogP contribution in [0.5, 0.6) is 0 Å². The summed E-state index contributed by atoms with van der Waals surface area (Å²) in [6.45, 7) is 2.78. The molecular formula is C13H14ClNO3. The molecule has 0 aliphatic heterocycles. The molecule has 0 spiro atoms. The van der Waals surface area contributed by atoms with Gasteiger partial charge in [-0.2, -0.15) is 0 Å². The zero-order chi connectivity index (χ0) is 13.4. The summed E-state index contributed by atoms with van der Waals surface area (Å²) in [6, 6.07) is 7.15. The second-order valence-electron chi connectivity index (χ2n) is 3.27. The van der Waals surface area contributed by atoms with Crippen LogP contribution in [0, 0.1) is 0 Å². The summed E-state index contributed by atoms with van der Waals surface area (Å²) in [5.41, 5.74) is 0.804. The zero-order valence-electron chi connectivity index (χ0n) is 10.2. The number of aromatic nitrogens is 1. The number of ether oxygens (including phenoxy) is 1. The van der Waals surface area contributed by atoms with Gasteiger partial charge in [0.05, 0.1) is 6.20 Å². The molecule has 1 aromatic carbocycles. The van der Waals surface area contributed by atoms with Crippen molar-refractivity contribution < 1.29 is 13.9 Å². The minimum Gasteiger partial charge on any atom is -0.434 e. The Kier molecular flexibility index (Phi) is 6.11. The van der Waals surface area contributed by atoms with E-state index < -0.39 is 0 Å². The lowest BCUT2D eigenvalue weighted by Crippen LogP contribution is -1.74. The molecule has 2 aromatic rings. The van der Waals surface area contributed by atoms with Gasteiger partial charge in [-0.25, -0.2) is 4.98 Å². The van der Waals surface area contributed by atoms with Gasteiger partial charge in [-0.05, 0) is 19.1 Å². The standard InChI is InChI=1S/C10H6ClNO2.C3H8O/c11-8-3-1-2-7(4-8)9-5-12-10(6-13)14-9;1-3-4-2/h1-6H;3H2,1-2H3. The summed E-state index contributed by atoms with van der Waals surface area (Å²) in [5, 5.41) is 0.617. The van der Waals surface area contributed by atoms with E-state index in [1.54, 1.807) is 25.3 Å². The van der Waals surface area contributed by atoms with E-state index in [2.05, 4.69) is 9.72 Å². The predicted molar refractivity (Wildman–Crippen MR) is 69.9 cm³/mol. The van der Waals surface area contributed by atoms with Crippen molar-refractivity contribution in [3.05, 3.63) is 41.4 Å². The molecule has 0 aliphatic carbocycles. The molecule has 0 bridgehead atoms. The number of hydrogen-bond acceptors (Lipinski definition) is 4. The number of aldehydes is 1. The Labute approximate surface area is 111 Å². The molecular weight excluding hydrogens is 254 g/mol. The number of nitrogens with zero attached hydrogens (tertiary/aromatic N) is 1. The second-order valence-corrected chi connectivity index (χ2v) is 3.70. The molecule has 0 unspecified atom stereocenters. The highest BCUT2D eigenvalue weighted by Gasteiger charge is 2.05. The highest BCUT2D eigenvalue weighted by atomic mass is 35.5. The van der Waals surface area contributed by atoms with Crippen molar-refractivity contribution in [3.8, 4) is 11.3 Å². The topological polar surface area (TPSA) is 52.3 Å². The minimum atomic E-state index is 0.0694. The molecule has 18 heavy (non-hydrogen) atoms. The molecule has 0 atom stereocenters. The number of carbonyl (C=O) groups is 1. The Hall–Kier alpha value is -1.65. The van der Waals surface area contributed by atoms with Crippen LogP contribution in [0.2, 0.25) is 5.02 Å². The monoisotopic (exact) mass is 267 g/mol. The summed E-state index contributed by atoms with van der Waals surface area (Å²) in [6.07, 6.45) is 2.06. The van der Waals surface area contributed by atoms with Crippen LogP contribution in [-0.4, -0.2) is 25.0 Å². The lowest BCUT2D eigenvalue weighted by atomic mass is 10.2. The van der Waals surface area contributed by atoms with E-state index in [0.717, 1.165) is 12.2 Å². The molecule has 2 rings (SSSR count). The Balaban J connectivity index is 0.000000357. The first kappa shape index (κ1) is 14.4. The molecule has 0 radical (unpaired) electrons. The van der Waals surface area contributed by atoms with Crippen LogP contribution in [-0.2, 0) is 4.74 Å². The molecule has 5 heteroatoms. The number of hydrogen-bond donors (Lipinski definition) is 0. The molecule has 4 nitrogen and oxygen atoms in total. The maximum absolute atomic E-state index is 10.3. The quantitative estimate of drug-likeness (QED) is 0.799. The van der Waals surface area contributed by atoms with E-state index >= 15 is 0 Å². The minimum absolute atomic E-state index is 0.0694. The van der Waals surface area contributed by atoms with E-state index in [1.165, 1.54) is 6.20 Å². The van der Waals surface area contributed by atoms with Gasteiger partial charge >= 0.3 is 0 Å². The van der Waals surface area contributed by atoms with Crippen molar-refractivity contribution in [1.82, 2.24) is 4.98 Å². The van der Waals surface area contributed by atoms with Gasteiger partial charge in [-0.15, -0.1) is 0 Å². The van der Waals surface area contributed by atoms with Gasteiger partial charge in [0.25, 0.3) is 5.89 Å². The number of oxazole rings is 1. The van der Waals surface area contributed by atoms with E-state index in [0.29, 0.717) is 17.1 Å². The van der Waals surface area contributed by atoms with Crippen molar-refractivity contribution in [2.75, 3.05) is 13.7 Å². The van der Waals surface area contributed by atoms with Crippen LogP contribution in [0.3, 0.4) is 0 Å². The first-order chi connectivity index (χ1) is 8.71. The van der Waals surface area contributed by atoms with Crippen molar-refractivity contribution in [3.63, 3.8) is 0 Å². The molecule has 0 saturated carbocycles. The normalized spacial score (nSPS) is 9.50. The Morgan fingerprint density at radius 3 is 2.72 bits per heavy atom. The number of benzene rings is 1. The molecule has 96 valence electrons. The number of methoxy groups -OCH3 is 1. The fourth-order valence-electron chi connectivity index (χ4n) is 1.12. The number of halogens is 1. The van der Waals surface area contributed by atoms with Gasteiger partial charge in [0.15, 0.2) is 5.76 Å². The van der Waals surface area contributed by atoms with Crippen LogP contribution in [0.4, 0.5) is 0 Å². The van der Waals surface area contributed by atoms with Crippen molar-refractivity contribution >= 4 is 17.9 Å². The third-order valence-electron chi connectivity index (χ3n) is 2.02. The van der Waals surface area contributed by atoms with Gasteiger partial charge in [-0.1, -0.05) is 23.7 Å². The lowest BCUT2D eigenvalue weighted by Gasteiger charge is -1.95. The van der Waals surface area contributed by atoms with E-state index in [9.17, 15) is 4.79 Å². The third-order valence-corrected chi connectivity index (χ3v) is 2.26. The highest BCUT2D eigenvalue weighted by Crippen LogP contribution is 2.22. The average Bonchev–Trinajstić information content (AvgIpc) is 2.88. The van der Waals surface area contributed by atoms with Crippen LogP contribution in [0.15, 0.2) is 34.9 Å². The van der Waals surface area contributed by atoms with Crippen LogP contribution in [0.1, 0.15) is 17.6 Å². The third kappa shape index (κ3) is 4.31. The van der Waals surface area contributed by atoms with Crippen LogP contribution < -0.4 is 0 Å². The molecule has 1 heterocycles. The Morgan fingerprint density at radius 1 is 1.50 bits per heavy atom. The van der Waals surface area contributed by atoms with Gasteiger partial charge in [0.2, 0.25) is 6.29 Å². The molecule has 0 saturated heterocycles. The average molecular weight is 268 g/mol. The Bertz CT molecular complexity index is 494. The SMILES string of the molecule is CCOC.O=Cc1ncc(-c2cccc(Cl)c2)o1. The first-order valence-corrected chi connectivity index (χ1v) is 5.75. The van der Waals surface area contributed by atoms with Crippen molar-refractivity contribution in [2.24, 2.45) is 0 Å². The van der Waals surface area contributed by atoms with E-state index in [-0.39, 0.29) is 5.89 Å². The van der Waals surface area contributed by atoms with Crippen LogP contribution >= 0.6 is 11.6 Å². The summed E-state index contributed by atoms with van der Waals surface area (Å²) in [4.78, 5) is 14.1. The number of rotatable bonds is 3. The van der Waals surface area contributed by atoms with Crippen molar-refractivity contribution in [2.45, 2.75) is 6.92 Å². The Morgan fingerprint density at radius 2 is 2.22 bits per heavy atom. The zero-order valence-corrected chi connectivity index (χ0v) is 11.0. The highest BCUT2D eigenvalue weighted by molar-refractivity contribution is 6.30. The second kappa shape index (κ2) is 7.63. The summed E-state index contributed by atoms with van der Waals surface area (Å²) in [5.74, 6) is 0.606. The maximum atomic E-state index is 10.3. The lowest BCUT2D eigenvalue weighted by molar-refractivity contribution is 0.109. The fraction of sp³-hybridized carbons (Fsp3) is 0.231. The number of carbonyl (C=O) groups excluding carboxylic acids is 1. The largest absolute Gasteiger partial charge is 0.434 e. The molecule has 0 fully saturated rings. The fourth-order valence-corrected chi connectivity index (χ4v) is 1.31. The van der Waals surface area contributed by atoms with E-state index in [4.69, 9.17) is 16.0 Å². The molecule has 1 aromatic heterocycles. The van der Waals surface area contributed by atoms with Gasteiger partial charge in [0, 0.05) is 24.3 Å². The van der Waals surface area contributed by atoms with Crippen molar-refractivity contribution in [1.29, 1.82) is 0 Å².